The summed E-state index contributed by atoms with van der Waals surface area (Å²) in [5.41, 5.74) is 0. The van der Waals surface area contributed by atoms with Gasteiger partial charge in [0.2, 0.25) is 6.34 Å². The van der Waals surface area contributed by atoms with Crippen LogP contribution >= 0.6 is 12.8 Å². The minimum atomic E-state index is 1.07. The maximum absolute atomic E-state index is 4.15. The fourth-order valence-electron chi connectivity index (χ4n) is 0.735. The Kier molecular flexibility index (Phi) is 2.21. The molecular weight excluding hydrogens is 120 g/mol. The molecule has 0 atom stereocenters. The maximum Gasteiger partial charge on any atom is 0.243 e. The molecule has 0 saturated heterocycles. The van der Waals surface area contributed by atoms with Crippen LogP contribution in [0.5, 0.6) is 0 Å². The van der Waals surface area contributed by atoms with Crippen molar-refractivity contribution in [3.63, 3.8) is 0 Å². The Morgan fingerprint density at radius 1 is 1.50 bits per heavy atom. The Labute approximate surface area is 55.1 Å². The molecule has 0 aliphatic carbocycles. The van der Waals surface area contributed by atoms with E-state index < -0.39 is 0 Å². The first-order valence-corrected chi connectivity index (χ1v) is 3.32. The van der Waals surface area contributed by atoms with Crippen molar-refractivity contribution in [1.29, 1.82) is 0 Å². The van der Waals surface area contributed by atoms with Crippen LogP contribution in [0.2, 0.25) is 0 Å². The molecular formula is C5H11N2S+. The third kappa shape index (κ3) is 1.74. The van der Waals surface area contributed by atoms with E-state index in [0.29, 0.717) is 0 Å². The first kappa shape index (κ1) is 5.95. The molecule has 0 fully saturated rings. The van der Waals surface area contributed by atoms with Crippen molar-refractivity contribution in [3.05, 3.63) is 0 Å². The molecule has 1 N–H and O–H groups in total. The molecule has 46 valence electrons. The van der Waals surface area contributed by atoms with Crippen LogP contribution in [0.1, 0.15) is 12.8 Å². The first-order valence-electron chi connectivity index (χ1n) is 2.92. The molecule has 0 aromatic rings. The molecule has 0 bridgehead atoms. The van der Waals surface area contributed by atoms with Gasteiger partial charge >= 0.3 is 0 Å². The Balaban J connectivity index is 2.36. The summed E-state index contributed by atoms with van der Waals surface area (Å²) >= 11 is 4.15. The third-order valence-corrected chi connectivity index (χ3v) is 1.51. The third-order valence-electron chi connectivity index (χ3n) is 1.20. The predicted molar refractivity (Wildman–Crippen MR) is 37.4 cm³/mol. The summed E-state index contributed by atoms with van der Waals surface area (Å²) in [5, 5.41) is 3.12. The zero-order valence-corrected chi connectivity index (χ0v) is 5.69. The molecule has 0 aromatic heterocycles. The quantitative estimate of drug-likeness (QED) is 0.355. The van der Waals surface area contributed by atoms with Gasteiger partial charge in [0, 0.05) is 12.8 Å². The number of hydrogen-bond acceptors (Lipinski definition) is 2. The van der Waals surface area contributed by atoms with E-state index in [-0.39, 0.29) is 0 Å². The summed E-state index contributed by atoms with van der Waals surface area (Å²) in [6.45, 7) is 2.16. The van der Waals surface area contributed by atoms with Gasteiger partial charge in [-0.25, -0.2) is 3.98 Å². The van der Waals surface area contributed by atoms with E-state index in [0.717, 1.165) is 13.1 Å². The lowest BCUT2D eigenvalue weighted by molar-refractivity contribution is -0.338. The minimum Gasteiger partial charge on any atom is -0.280 e. The highest BCUT2D eigenvalue weighted by molar-refractivity contribution is 7.73. The van der Waals surface area contributed by atoms with Crippen molar-refractivity contribution < 1.29 is 3.98 Å². The lowest BCUT2D eigenvalue weighted by Crippen LogP contribution is -2.14. The Hall–Kier alpha value is -0.180. The minimum absolute atomic E-state index is 1.07. The molecule has 0 amide bonds. The summed E-state index contributed by atoms with van der Waals surface area (Å²) in [6.07, 6.45) is 4.41. The average molecular weight is 131 g/mol. The molecule has 8 heavy (non-hydrogen) atoms. The van der Waals surface area contributed by atoms with Crippen LogP contribution in [0.15, 0.2) is 0 Å². The maximum atomic E-state index is 4.15. The van der Waals surface area contributed by atoms with Crippen LogP contribution in [-0.4, -0.2) is 23.4 Å². The van der Waals surface area contributed by atoms with Gasteiger partial charge in [-0.05, 0) is 12.8 Å². The standard InChI is InChI=1S/C5H10N2S/c8-7-4-2-1-3-6-5-7/h5,8H,1-4H2/p+1. The van der Waals surface area contributed by atoms with Crippen molar-refractivity contribution in [2.75, 3.05) is 13.1 Å². The summed E-state index contributed by atoms with van der Waals surface area (Å²) < 4.78 is 1.88. The smallest absolute Gasteiger partial charge is 0.243 e. The zero-order valence-electron chi connectivity index (χ0n) is 4.80. The zero-order chi connectivity index (χ0) is 5.82. The highest BCUT2D eigenvalue weighted by Gasteiger charge is 1.99. The Bertz CT molecular complexity index is 101. The van der Waals surface area contributed by atoms with E-state index >= 15 is 0 Å². The van der Waals surface area contributed by atoms with E-state index in [1.807, 2.05) is 10.3 Å². The molecule has 3 heteroatoms. The molecule has 1 aliphatic rings. The van der Waals surface area contributed by atoms with Gasteiger partial charge in [-0.3, -0.25) is 5.32 Å². The van der Waals surface area contributed by atoms with Crippen molar-refractivity contribution in [3.8, 4) is 0 Å². The number of nitrogens with zero attached hydrogens (tertiary/aromatic N) is 1. The summed E-state index contributed by atoms with van der Waals surface area (Å²) in [7, 11) is 0. The number of nitrogens with one attached hydrogen (secondary N) is 1. The predicted octanol–water partition coefficient (Wildman–Crippen LogP) is 0.255. The Morgan fingerprint density at radius 3 is 3.25 bits per heavy atom. The first-order chi connectivity index (χ1) is 3.89. The summed E-state index contributed by atoms with van der Waals surface area (Å²) in [6, 6.07) is 0. The molecule has 0 radical (unpaired) electrons. The van der Waals surface area contributed by atoms with E-state index in [9.17, 15) is 0 Å². The fourth-order valence-corrected chi connectivity index (χ4v) is 0.958. The largest absolute Gasteiger partial charge is 0.280 e. The number of thiol groups is 1. The highest BCUT2D eigenvalue weighted by Crippen LogP contribution is 1.92. The molecule has 1 rings (SSSR count). The SMILES string of the molecule is S[N+]1=CNCCCC1. The van der Waals surface area contributed by atoms with Crippen LogP contribution < -0.4 is 5.32 Å². The van der Waals surface area contributed by atoms with Gasteiger partial charge in [0.15, 0.2) is 0 Å². The van der Waals surface area contributed by atoms with Gasteiger partial charge in [0.25, 0.3) is 0 Å². The Morgan fingerprint density at radius 2 is 2.38 bits per heavy atom. The van der Waals surface area contributed by atoms with Crippen LogP contribution in [0, 0.1) is 0 Å². The number of hydrogen-bond donors (Lipinski definition) is 2. The van der Waals surface area contributed by atoms with E-state index in [1.165, 1.54) is 12.8 Å². The van der Waals surface area contributed by atoms with Crippen molar-refractivity contribution in [2.24, 2.45) is 0 Å². The van der Waals surface area contributed by atoms with E-state index in [1.54, 1.807) is 0 Å². The molecule has 2 nitrogen and oxygen atoms in total. The van der Waals surface area contributed by atoms with Gasteiger partial charge in [0.05, 0.1) is 13.1 Å². The van der Waals surface area contributed by atoms with Crippen molar-refractivity contribution >= 4 is 19.2 Å². The van der Waals surface area contributed by atoms with Gasteiger partial charge in [-0.1, -0.05) is 0 Å². The van der Waals surface area contributed by atoms with Crippen molar-refractivity contribution in [1.82, 2.24) is 5.32 Å². The van der Waals surface area contributed by atoms with Crippen LogP contribution in [0.4, 0.5) is 0 Å². The van der Waals surface area contributed by atoms with Crippen LogP contribution in [0.3, 0.4) is 0 Å². The lowest BCUT2D eigenvalue weighted by Gasteiger charge is -1.88. The second kappa shape index (κ2) is 2.97. The van der Waals surface area contributed by atoms with Gasteiger partial charge in [-0.2, -0.15) is 0 Å². The lowest BCUT2D eigenvalue weighted by atomic mass is 10.3. The van der Waals surface area contributed by atoms with Crippen molar-refractivity contribution in [2.45, 2.75) is 12.8 Å². The van der Waals surface area contributed by atoms with Crippen LogP contribution in [0.25, 0.3) is 0 Å². The second-order valence-electron chi connectivity index (χ2n) is 1.95. The molecule has 0 spiro atoms. The summed E-state index contributed by atoms with van der Waals surface area (Å²) in [5.74, 6) is 0. The van der Waals surface area contributed by atoms with Gasteiger partial charge < -0.3 is 0 Å². The molecule has 0 aromatic carbocycles. The topological polar surface area (TPSA) is 15.0 Å². The number of rotatable bonds is 0. The average Bonchev–Trinajstić information content (AvgIpc) is 1.94. The molecule has 0 unspecified atom stereocenters. The molecule has 0 saturated carbocycles. The molecule has 1 aliphatic heterocycles. The van der Waals surface area contributed by atoms with Crippen LogP contribution in [-0.2, 0) is 0 Å². The van der Waals surface area contributed by atoms with E-state index in [4.69, 9.17) is 0 Å². The fraction of sp³-hybridized carbons (Fsp3) is 0.800. The monoisotopic (exact) mass is 131 g/mol. The van der Waals surface area contributed by atoms with E-state index in [2.05, 4.69) is 18.1 Å². The normalized spacial score (nSPS) is 20.9. The second-order valence-corrected chi connectivity index (χ2v) is 2.47. The van der Waals surface area contributed by atoms with Gasteiger partial charge in [-0.15, -0.1) is 0 Å². The summed E-state index contributed by atoms with van der Waals surface area (Å²) in [4.78, 5) is 0. The highest BCUT2D eigenvalue weighted by atomic mass is 32.1. The van der Waals surface area contributed by atoms with Gasteiger partial charge in [0.1, 0.15) is 0 Å². The molecule has 1 heterocycles.